The summed E-state index contributed by atoms with van der Waals surface area (Å²) in [5, 5.41) is 0. The predicted octanol–water partition coefficient (Wildman–Crippen LogP) is 7.67. The molecule has 0 aromatic heterocycles. The minimum absolute atomic E-state index is 0.772. The van der Waals surface area contributed by atoms with E-state index in [9.17, 15) is 0 Å². The van der Waals surface area contributed by atoms with Gasteiger partial charge in [-0.25, -0.2) is 0 Å². The molecule has 4 aliphatic carbocycles. The second-order valence-corrected chi connectivity index (χ2v) is 11.0. The standard InChI is InChI=1S/C25H35I/c1-2-5-20(14-18-8-9-19-6-3-4-7-21(19)15-18)22-10-11-24-17-25(26)13-12-23(24)16-22/h2-3,5-6,12-13,18-19,21-25H,1,4,7-11,14-17H2/b20-5+/t18?,19?,21?,22?,23?,24-,25?/m0/s1. The van der Waals surface area contributed by atoms with Crippen molar-refractivity contribution in [1.82, 2.24) is 0 Å². The number of hydrogen-bond acceptors (Lipinski definition) is 0. The molecular formula is C25H35I. The molecule has 1 heteroatoms. The van der Waals surface area contributed by atoms with Crippen molar-refractivity contribution in [2.24, 2.45) is 35.5 Å². The highest BCUT2D eigenvalue weighted by Crippen LogP contribution is 2.47. The number of hydrogen-bond donors (Lipinski definition) is 0. The van der Waals surface area contributed by atoms with Gasteiger partial charge >= 0.3 is 0 Å². The van der Waals surface area contributed by atoms with Gasteiger partial charge in [-0.2, -0.15) is 0 Å². The van der Waals surface area contributed by atoms with Gasteiger partial charge in [0.1, 0.15) is 0 Å². The van der Waals surface area contributed by atoms with Gasteiger partial charge in [0.2, 0.25) is 0 Å². The van der Waals surface area contributed by atoms with E-state index in [2.05, 4.69) is 65.6 Å². The Hall–Kier alpha value is -0.310. The van der Waals surface area contributed by atoms with Crippen molar-refractivity contribution in [3.63, 3.8) is 0 Å². The molecule has 0 nitrogen and oxygen atoms in total. The van der Waals surface area contributed by atoms with Crippen LogP contribution in [0.3, 0.4) is 0 Å². The predicted molar refractivity (Wildman–Crippen MR) is 121 cm³/mol. The number of alkyl halides is 1. The third kappa shape index (κ3) is 4.39. The smallest absolute Gasteiger partial charge is 0.0292 e. The highest BCUT2D eigenvalue weighted by Gasteiger charge is 2.35. The van der Waals surface area contributed by atoms with E-state index in [1.54, 1.807) is 5.57 Å². The molecule has 0 spiro atoms. The Morgan fingerprint density at radius 2 is 1.81 bits per heavy atom. The SMILES string of the molecule is C=C/C=C(\CC1CCC2C=CCCC2C1)C1CC[C@H]2CC(I)C=CC2C1. The lowest BCUT2D eigenvalue weighted by Crippen LogP contribution is -2.30. The van der Waals surface area contributed by atoms with Crippen molar-refractivity contribution in [1.29, 1.82) is 0 Å². The highest BCUT2D eigenvalue weighted by molar-refractivity contribution is 14.1. The van der Waals surface area contributed by atoms with Crippen LogP contribution in [0.5, 0.6) is 0 Å². The van der Waals surface area contributed by atoms with Crippen molar-refractivity contribution in [2.45, 2.75) is 68.1 Å². The second kappa shape index (κ2) is 8.80. The molecule has 0 heterocycles. The van der Waals surface area contributed by atoms with Crippen LogP contribution in [0.2, 0.25) is 0 Å². The van der Waals surface area contributed by atoms with Gasteiger partial charge < -0.3 is 0 Å². The van der Waals surface area contributed by atoms with Crippen LogP contribution < -0.4 is 0 Å². The monoisotopic (exact) mass is 462 g/mol. The molecule has 0 aromatic carbocycles. The molecule has 4 aliphatic rings. The molecule has 0 aromatic rings. The summed E-state index contributed by atoms with van der Waals surface area (Å²) in [6.07, 6.45) is 28.6. The van der Waals surface area contributed by atoms with Gasteiger partial charge in [0.15, 0.2) is 0 Å². The van der Waals surface area contributed by atoms with Crippen LogP contribution in [0, 0.1) is 35.5 Å². The molecule has 0 N–H and O–H groups in total. The summed E-state index contributed by atoms with van der Waals surface area (Å²) in [5.41, 5.74) is 1.73. The Kier molecular flexibility index (Phi) is 6.44. The Labute approximate surface area is 174 Å². The van der Waals surface area contributed by atoms with Gasteiger partial charge in [0.25, 0.3) is 0 Å². The molecule has 2 fully saturated rings. The van der Waals surface area contributed by atoms with Gasteiger partial charge in [0.05, 0.1) is 0 Å². The van der Waals surface area contributed by atoms with E-state index >= 15 is 0 Å². The molecule has 0 radical (unpaired) electrons. The molecule has 0 saturated heterocycles. The third-order valence-electron chi connectivity index (χ3n) is 7.76. The van der Waals surface area contributed by atoms with E-state index in [0.717, 1.165) is 39.4 Å². The first-order valence-electron chi connectivity index (χ1n) is 11.0. The van der Waals surface area contributed by atoms with Crippen LogP contribution in [-0.2, 0) is 0 Å². The van der Waals surface area contributed by atoms with E-state index in [-0.39, 0.29) is 0 Å². The minimum Gasteiger partial charge on any atom is -0.0991 e. The largest absolute Gasteiger partial charge is 0.0991 e. The zero-order chi connectivity index (χ0) is 17.9. The quantitative estimate of drug-likeness (QED) is 0.174. The van der Waals surface area contributed by atoms with E-state index < -0.39 is 0 Å². The van der Waals surface area contributed by atoms with Crippen LogP contribution >= 0.6 is 22.6 Å². The Bertz CT molecular complexity index is 583. The molecule has 142 valence electrons. The van der Waals surface area contributed by atoms with Crippen LogP contribution in [-0.4, -0.2) is 3.92 Å². The Morgan fingerprint density at radius 3 is 2.69 bits per heavy atom. The van der Waals surface area contributed by atoms with Gasteiger partial charge in [-0.15, -0.1) is 0 Å². The summed E-state index contributed by atoms with van der Waals surface area (Å²) >= 11 is 2.61. The minimum atomic E-state index is 0.772. The Balaban J connectivity index is 1.39. The average molecular weight is 462 g/mol. The van der Waals surface area contributed by atoms with E-state index in [1.165, 1.54) is 64.2 Å². The number of rotatable bonds is 4. The van der Waals surface area contributed by atoms with E-state index in [4.69, 9.17) is 0 Å². The molecule has 26 heavy (non-hydrogen) atoms. The molecule has 0 amide bonds. The first-order valence-corrected chi connectivity index (χ1v) is 12.3. The maximum absolute atomic E-state index is 4.04. The first-order chi connectivity index (χ1) is 12.7. The molecule has 6 unspecified atom stereocenters. The fourth-order valence-electron chi connectivity index (χ4n) is 6.36. The van der Waals surface area contributed by atoms with Crippen molar-refractivity contribution in [2.75, 3.05) is 0 Å². The maximum Gasteiger partial charge on any atom is 0.0292 e. The summed E-state index contributed by atoms with van der Waals surface area (Å²) < 4.78 is 0.772. The summed E-state index contributed by atoms with van der Waals surface area (Å²) in [6.45, 7) is 4.04. The summed E-state index contributed by atoms with van der Waals surface area (Å²) in [5.74, 6) is 5.40. The maximum atomic E-state index is 4.04. The fourth-order valence-corrected chi connectivity index (χ4v) is 7.25. The lowest BCUT2D eigenvalue weighted by Gasteiger charge is -2.41. The van der Waals surface area contributed by atoms with Crippen molar-refractivity contribution >= 4 is 22.6 Å². The molecular weight excluding hydrogens is 427 g/mol. The molecule has 4 rings (SSSR count). The molecule has 0 bridgehead atoms. The third-order valence-corrected chi connectivity index (χ3v) is 8.68. The number of fused-ring (bicyclic) bond motifs is 2. The molecule has 2 saturated carbocycles. The van der Waals surface area contributed by atoms with Gasteiger partial charge in [-0.3, -0.25) is 0 Å². The number of halogens is 1. The zero-order valence-electron chi connectivity index (χ0n) is 16.2. The second-order valence-electron chi connectivity index (χ2n) is 9.36. The normalized spacial score (nSPS) is 42.8. The Morgan fingerprint density at radius 1 is 0.923 bits per heavy atom. The molecule has 7 atom stereocenters. The first kappa shape index (κ1) is 19.0. The van der Waals surface area contributed by atoms with Crippen LogP contribution in [0.25, 0.3) is 0 Å². The van der Waals surface area contributed by atoms with Gasteiger partial charge in [-0.05, 0) is 99.7 Å². The van der Waals surface area contributed by atoms with Crippen molar-refractivity contribution < 1.29 is 0 Å². The lowest BCUT2D eigenvalue weighted by molar-refractivity contribution is 0.183. The number of allylic oxidation sites excluding steroid dienone is 7. The van der Waals surface area contributed by atoms with Crippen LogP contribution in [0.4, 0.5) is 0 Å². The van der Waals surface area contributed by atoms with Crippen molar-refractivity contribution in [3.05, 3.63) is 48.6 Å². The summed E-state index contributed by atoms with van der Waals surface area (Å²) in [6, 6.07) is 0. The molecule has 0 aliphatic heterocycles. The van der Waals surface area contributed by atoms with Gasteiger partial charge in [-0.1, -0.05) is 71.2 Å². The summed E-state index contributed by atoms with van der Waals surface area (Å²) in [4.78, 5) is 0. The average Bonchev–Trinajstić information content (AvgIpc) is 2.67. The topological polar surface area (TPSA) is 0 Å². The van der Waals surface area contributed by atoms with E-state index in [0.29, 0.717) is 0 Å². The van der Waals surface area contributed by atoms with Gasteiger partial charge in [0, 0.05) is 3.92 Å². The highest BCUT2D eigenvalue weighted by atomic mass is 127. The fraction of sp³-hybridized carbons (Fsp3) is 0.680. The van der Waals surface area contributed by atoms with Crippen LogP contribution in [0.1, 0.15) is 64.2 Å². The zero-order valence-corrected chi connectivity index (χ0v) is 18.3. The van der Waals surface area contributed by atoms with E-state index in [1.807, 2.05) is 0 Å². The van der Waals surface area contributed by atoms with Crippen molar-refractivity contribution in [3.8, 4) is 0 Å². The lowest BCUT2D eigenvalue weighted by atomic mass is 9.65. The summed E-state index contributed by atoms with van der Waals surface area (Å²) in [7, 11) is 0. The van der Waals surface area contributed by atoms with Crippen LogP contribution in [0.15, 0.2) is 48.6 Å².